The molecule has 0 radical (unpaired) electrons. The van der Waals surface area contributed by atoms with E-state index in [2.05, 4.69) is 32.7 Å². The van der Waals surface area contributed by atoms with E-state index in [0.717, 1.165) is 15.9 Å². The van der Waals surface area contributed by atoms with Gasteiger partial charge in [0.1, 0.15) is 0 Å². The number of anilines is 1. The SMILES string of the molecule is NNc1ccc(C(=O)NCCc2ccc(Br)s2)cc1. The predicted molar refractivity (Wildman–Crippen MR) is 82.3 cm³/mol. The Bertz CT molecular complexity index is 553. The minimum absolute atomic E-state index is 0.0702. The topological polar surface area (TPSA) is 67.1 Å². The van der Waals surface area contributed by atoms with Crippen LogP contribution in [0.4, 0.5) is 5.69 Å². The molecular formula is C13H14BrN3OS. The maximum absolute atomic E-state index is 11.9. The summed E-state index contributed by atoms with van der Waals surface area (Å²) in [6.45, 7) is 0.628. The van der Waals surface area contributed by atoms with E-state index in [9.17, 15) is 4.79 Å². The van der Waals surface area contributed by atoms with Gasteiger partial charge in [-0.1, -0.05) is 0 Å². The van der Waals surface area contributed by atoms with E-state index in [4.69, 9.17) is 5.84 Å². The molecule has 1 amide bonds. The van der Waals surface area contributed by atoms with E-state index in [1.165, 1.54) is 4.88 Å². The summed E-state index contributed by atoms with van der Waals surface area (Å²) in [5.41, 5.74) is 3.93. The molecule has 0 spiro atoms. The van der Waals surface area contributed by atoms with Gasteiger partial charge in [0.25, 0.3) is 5.91 Å². The summed E-state index contributed by atoms with van der Waals surface area (Å²) in [5.74, 6) is 5.20. The number of hydrogen-bond acceptors (Lipinski definition) is 4. The molecule has 19 heavy (non-hydrogen) atoms. The number of nitrogens with two attached hydrogens (primary N) is 1. The van der Waals surface area contributed by atoms with E-state index in [1.807, 2.05) is 6.07 Å². The zero-order valence-electron chi connectivity index (χ0n) is 10.2. The van der Waals surface area contributed by atoms with Crippen molar-refractivity contribution in [2.45, 2.75) is 6.42 Å². The van der Waals surface area contributed by atoms with E-state index in [1.54, 1.807) is 35.6 Å². The number of benzene rings is 1. The van der Waals surface area contributed by atoms with E-state index in [0.29, 0.717) is 12.1 Å². The van der Waals surface area contributed by atoms with Crippen molar-refractivity contribution in [2.24, 2.45) is 5.84 Å². The minimum Gasteiger partial charge on any atom is -0.352 e. The quantitative estimate of drug-likeness (QED) is 0.579. The van der Waals surface area contributed by atoms with Crippen LogP contribution in [0.2, 0.25) is 0 Å². The molecule has 6 heteroatoms. The van der Waals surface area contributed by atoms with Gasteiger partial charge >= 0.3 is 0 Å². The van der Waals surface area contributed by atoms with E-state index >= 15 is 0 Å². The van der Waals surface area contributed by atoms with Crippen molar-refractivity contribution >= 4 is 38.9 Å². The number of halogens is 1. The molecule has 1 heterocycles. The van der Waals surface area contributed by atoms with E-state index < -0.39 is 0 Å². The molecule has 0 aliphatic rings. The molecule has 0 saturated carbocycles. The molecule has 0 fully saturated rings. The molecule has 2 rings (SSSR count). The maximum atomic E-state index is 11.9. The first-order valence-corrected chi connectivity index (χ1v) is 7.39. The van der Waals surface area contributed by atoms with Gasteiger partial charge in [-0.15, -0.1) is 11.3 Å². The van der Waals surface area contributed by atoms with Crippen molar-refractivity contribution in [2.75, 3.05) is 12.0 Å². The van der Waals surface area contributed by atoms with Crippen LogP contribution in [0.1, 0.15) is 15.2 Å². The Morgan fingerprint density at radius 2 is 1.95 bits per heavy atom. The molecule has 0 unspecified atom stereocenters. The van der Waals surface area contributed by atoms with Gasteiger partial charge in [-0.05, 0) is 58.7 Å². The molecule has 0 aliphatic carbocycles. The second kappa shape index (κ2) is 6.70. The van der Waals surface area contributed by atoms with Gasteiger partial charge in [0.2, 0.25) is 0 Å². The molecular weight excluding hydrogens is 326 g/mol. The second-order valence-electron chi connectivity index (χ2n) is 3.93. The third kappa shape index (κ3) is 4.05. The highest BCUT2D eigenvalue weighted by atomic mass is 79.9. The predicted octanol–water partition coefficient (Wildman–Crippen LogP) is 2.77. The van der Waals surface area contributed by atoms with Crippen molar-refractivity contribution in [1.29, 1.82) is 0 Å². The normalized spacial score (nSPS) is 10.2. The van der Waals surface area contributed by atoms with Gasteiger partial charge in [-0.25, -0.2) is 0 Å². The molecule has 1 aromatic heterocycles. The number of carbonyl (C=O) groups is 1. The van der Waals surface area contributed by atoms with Gasteiger partial charge in [-0.2, -0.15) is 0 Å². The Kier molecular flexibility index (Phi) is 4.95. The average molecular weight is 340 g/mol. The standard InChI is InChI=1S/C13H14BrN3OS/c14-12-6-5-11(19-12)7-8-16-13(18)9-1-3-10(17-15)4-2-9/h1-6,17H,7-8,15H2,(H,16,18). The number of nitrogen functional groups attached to an aromatic ring is 1. The first-order chi connectivity index (χ1) is 9.19. The van der Waals surface area contributed by atoms with Crippen molar-refractivity contribution in [1.82, 2.24) is 5.32 Å². The Morgan fingerprint density at radius 1 is 1.21 bits per heavy atom. The smallest absolute Gasteiger partial charge is 0.251 e. The number of hydrazine groups is 1. The highest BCUT2D eigenvalue weighted by Gasteiger charge is 2.05. The monoisotopic (exact) mass is 339 g/mol. The lowest BCUT2D eigenvalue weighted by Gasteiger charge is -2.05. The van der Waals surface area contributed by atoms with Gasteiger partial charge in [0.15, 0.2) is 0 Å². The van der Waals surface area contributed by atoms with Crippen LogP contribution < -0.4 is 16.6 Å². The fourth-order valence-electron chi connectivity index (χ4n) is 1.61. The molecule has 0 bridgehead atoms. The average Bonchev–Trinajstić information content (AvgIpc) is 2.84. The first kappa shape index (κ1) is 14.0. The summed E-state index contributed by atoms with van der Waals surface area (Å²) in [6, 6.07) is 11.1. The minimum atomic E-state index is -0.0702. The fourth-order valence-corrected chi connectivity index (χ4v) is 3.09. The Hall–Kier alpha value is -1.37. The van der Waals surface area contributed by atoms with Crippen LogP contribution in [0.15, 0.2) is 40.2 Å². The van der Waals surface area contributed by atoms with Gasteiger partial charge in [0.05, 0.1) is 3.79 Å². The molecule has 4 N–H and O–H groups in total. The van der Waals surface area contributed by atoms with Crippen molar-refractivity contribution in [3.8, 4) is 0 Å². The van der Waals surface area contributed by atoms with Crippen molar-refractivity contribution < 1.29 is 4.79 Å². The summed E-state index contributed by atoms with van der Waals surface area (Å²) >= 11 is 5.10. The third-order valence-electron chi connectivity index (χ3n) is 2.60. The van der Waals surface area contributed by atoms with Crippen molar-refractivity contribution in [3.05, 3.63) is 50.6 Å². The molecule has 0 atom stereocenters. The second-order valence-corrected chi connectivity index (χ2v) is 6.48. The molecule has 4 nitrogen and oxygen atoms in total. The zero-order valence-corrected chi connectivity index (χ0v) is 12.6. The van der Waals surface area contributed by atoms with Crippen LogP contribution in [-0.2, 0) is 6.42 Å². The molecule has 0 aliphatic heterocycles. The summed E-state index contributed by atoms with van der Waals surface area (Å²) in [4.78, 5) is 13.1. The lowest BCUT2D eigenvalue weighted by Crippen LogP contribution is -2.25. The molecule has 0 saturated heterocycles. The van der Waals surface area contributed by atoms with Crippen LogP contribution in [0, 0.1) is 0 Å². The third-order valence-corrected chi connectivity index (χ3v) is 4.28. The first-order valence-electron chi connectivity index (χ1n) is 5.78. The van der Waals surface area contributed by atoms with Gasteiger partial charge in [0, 0.05) is 22.7 Å². The lowest BCUT2D eigenvalue weighted by atomic mass is 10.2. The zero-order chi connectivity index (χ0) is 13.7. The fraction of sp³-hybridized carbons (Fsp3) is 0.154. The number of hydrogen-bond donors (Lipinski definition) is 3. The summed E-state index contributed by atoms with van der Waals surface area (Å²) in [6.07, 6.45) is 0.838. The van der Waals surface area contributed by atoms with Gasteiger partial charge in [-0.3, -0.25) is 10.6 Å². The Labute approximate surface area is 124 Å². The highest BCUT2D eigenvalue weighted by molar-refractivity contribution is 9.11. The molecule has 1 aromatic carbocycles. The number of rotatable bonds is 5. The largest absolute Gasteiger partial charge is 0.352 e. The van der Waals surface area contributed by atoms with Crippen LogP contribution in [0.5, 0.6) is 0 Å². The number of amides is 1. The Balaban J connectivity index is 1.83. The highest BCUT2D eigenvalue weighted by Crippen LogP contribution is 2.22. The lowest BCUT2D eigenvalue weighted by molar-refractivity contribution is 0.0954. The molecule has 2 aromatic rings. The van der Waals surface area contributed by atoms with Crippen molar-refractivity contribution in [3.63, 3.8) is 0 Å². The van der Waals surface area contributed by atoms with Crippen LogP contribution >= 0.6 is 27.3 Å². The number of thiophene rings is 1. The maximum Gasteiger partial charge on any atom is 0.251 e. The summed E-state index contributed by atoms with van der Waals surface area (Å²) in [5, 5.41) is 2.89. The number of nitrogens with one attached hydrogen (secondary N) is 2. The number of carbonyl (C=O) groups excluding carboxylic acids is 1. The van der Waals surface area contributed by atoms with Crippen LogP contribution in [-0.4, -0.2) is 12.5 Å². The van der Waals surface area contributed by atoms with Crippen LogP contribution in [0.3, 0.4) is 0 Å². The Morgan fingerprint density at radius 3 is 2.53 bits per heavy atom. The molecule has 100 valence electrons. The summed E-state index contributed by atoms with van der Waals surface area (Å²) < 4.78 is 1.11. The van der Waals surface area contributed by atoms with Gasteiger partial charge < -0.3 is 10.7 Å². The van der Waals surface area contributed by atoms with E-state index in [-0.39, 0.29) is 5.91 Å². The van der Waals surface area contributed by atoms with Crippen LogP contribution in [0.25, 0.3) is 0 Å². The summed E-state index contributed by atoms with van der Waals surface area (Å²) in [7, 11) is 0.